The number of benzene rings is 1. The van der Waals surface area contributed by atoms with Gasteiger partial charge < -0.3 is 16.2 Å². The Morgan fingerprint density at radius 1 is 1.33 bits per heavy atom. The van der Waals surface area contributed by atoms with E-state index < -0.39 is 29.2 Å². The topological polar surface area (TPSA) is 70.6 Å². The van der Waals surface area contributed by atoms with Crippen LogP contribution in [0.2, 0.25) is 0 Å². The summed E-state index contributed by atoms with van der Waals surface area (Å²) in [6.07, 6.45) is 0.962. The van der Waals surface area contributed by atoms with Gasteiger partial charge >= 0.3 is 0 Å². The van der Waals surface area contributed by atoms with Gasteiger partial charge in [0.2, 0.25) is 0 Å². The Kier molecular flexibility index (Phi) is 3.95. The highest BCUT2D eigenvalue weighted by Crippen LogP contribution is 2.32. The molecule has 0 saturated heterocycles. The lowest BCUT2D eigenvalue weighted by atomic mass is 9.92. The first-order valence-electron chi connectivity index (χ1n) is 6.47. The molecule has 0 saturated carbocycles. The van der Waals surface area contributed by atoms with Gasteiger partial charge in [-0.3, -0.25) is 0 Å². The van der Waals surface area contributed by atoms with Crippen LogP contribution in [0.15, 0.2) is 28.9 Å². The van der Waals surface area contributed by atoms with Crippen LogP contribution in [-0.4, -0.2) is 17.0 Å². The van der Waals surface area contributed by atoms with E-state index >= 15 is 0 Å². The quantitative estimate of drug-likeness (QED) is 0.746. The number of allylic oxidation sites excluding steroid dienone is 1. The molecule has 0 aliphatic carbocycles. The summed E-state index contributed by atoms with van der Waals surface area (Å²) in [6.45, 7) is 3.25. The second-order valence-electron chi connectivity index (χ2n) is 4.88. The molecule has 0 fully saturated rings. The van der Waals surface area contributed by atoms with E-state index in [1.165, 1.54) is 6.92 Å². The van der Waals surface area contributed by atoms with Crippen molar-refractivity contribution in [2.45, 2.75) is 32.0 Å². The van der Waals surface area contributed by atoms with Gasteiger partial charge in [0.05, 0.1) is 6.10 Å². The number of halogens is 3. The molecule has 0 spiro atoms. The Morgan fingerprint density at radius 2 is 1.90 bits per heavy atom. The van der Waals surface area contributed by atoms with E-state index in [0.29, 0.717) is 12.1 Å². The lowest BCUT2D eigenvalue weighted by molar-refractivity contribution is 0.0822. The van der Waals surface area contributed by atoms with Crippen LogP contribution < -0.4 is 11.1 Å². The van der Waals surface area contributed by atoms with Gasteiger partial charge in [0.25, 0.3) is 0 Å². The highest BCUT2D eigenvalue weighted by atomic mass is 19.2. The monoisotopic (exact) mass is 299 g/mol. The van der Waals surface area contributed by atoms with Gasteiger partial charge in [-0.05, 0) is 31.6 Å². The summed E-state index contributed by atoms with van der Waals surface area (Å²) in [4.78, 5) is 4.09. The average Bonchev–Trinajstić information content (AvgIpc) is 2.43. The van der Waals surface area contributed by atoms with E-state index in [4.69, 9.17) is 5.73 Å². The molecule has 4 N–H and O–H groups in total. The minimum absolute atomic E-state index is 0.0455. The maximum absolute atomic E-state index is 13.5. The minimum atomic E-state index is -1.57. The predicted molar refractivity (Wildman–Crippen MR) is 72.8 cm³/mol. The van der Waals surface area contributed by atoms with Crippen molar-refractivity contribution in [3.8, 4) is 0 Å². The summed E-state index contributed by atoms with van der Waals surface area (Å²) < 4.78 is 40.1. The fraction of sp³-hybridized carbons (Fsp3) is 0.357. The zero-order valence-electron chi connectivity index (χ0n) is 11.6. The first-order valence-corrected chi connectivity index (χ1v) is 6.47. The van der Waals surface area contributed by atoms with Crippen molar-refractivity contribution in [2.24, 2.45) is 10.7 Å². The molecule has 114 valence electrons. The van der Waals surface area contributed by atoms with E-state index in [9.17, 15) is 18.3 Å². The zero-order valence-corrected chi connectivity index (χ0v) is 11.6. The first kappa shape index (κ1) is 15.4. The normalized spacial score (nSPS) is 23.1. The molecule has 1 aliphatic heterocycles. The molecular weight excluding hydrogens is 283 g/mol. The van der Waals surface area contributed by atoms with Crippen LogP contribution in [0.3, 0.4) is 0 Å². The number of hydrogen-bond acceptors (Lipinski definition) is 4. The Balaban J connectivity index is 2.63. The van der Waals surface area contributed by atoms with Crippen molar-refractivity contribution in [1.29, 1.82) is 0 Å². The molecule has 2 unspecified atom stereocenters. The molecule has 1 aromatic rings. The Labute approximate surface area is 120 Å². The summed E-state index contributed by atoms with van der Waals surface area (Å²) in [7, 11) is 0. The van der Waals surface area contributed by atoms with E-state index in [0.717, 1.165) is 12.1 Å². The lowest BCUT2D eigenvalue weighted by Gasteiger charge is -2.38. The summed E-state index contributed by atoms with van der Waals surface area (Å²) in [5.74, 6) is -4.17. The number of aliphatic hydroxyl groups excluding tert-OH is 1. The Bertz CT molecular complexity index is 605. The van der Waals surface area contributed by atoms with Gasteiger partial charge in [0, 0.05) is 11.3 Å². The molecule has 0 aromatic heterocycles. The van der Waals surface area contributed by atoms with E-state index in [1.807, 2.05) is 6.92 Å². The van der Waals surface area contributed by atoms with Crippen LogP contribution in [0.4, 0.5) is 13.2 Å². The van der Waals surface area contributed by atoms with E-state index in [2.05, 4.69) is 10.3 Å². The lowest BCUT2D eigenvalue weighted by Crippen LogP contribution is -2.52. The molecule has 1 aromatic carbocycles. The molecule has 0 bridgehead atoms. The standard InChI is InChI=1S/C14H16F3N3O/c1-3-9-6-12(18)20-14(19-9,7(2)21)8-4-10(15)13(17)11(16)5-8/h4-7,19,21H,3H2,1-2H3,(H2,18,20). The van der Waals surface area contributed by atoms with E-state index in [-0.39, 0.29) is 11.4 Å². The number of nitrogens with two attached hydrogens (primary N) is 1. The Hall–Kier alpha value is -2.02. The maximum Gasteiger partial charge on any atom is 0.194 e. The second-order valence-corrected chi connectivity index (χ2v) is 4.88. The summed E-state index contributed by atoms with van der Waals surface area (Å²) in [5, 5.41) is 13.0. The number of amidine groups is 1. The fourth-order valence-electron chi connectivity index (χ4n) is 2.27. The highest BCUT2D eigenvalue weighted by molar-refractivity contribution is 5.93. The number of aliphatic hydroxyl groups is 1. The van der Waals surface area contributed by atoms with Crippen molar-refractivity contribution >= 4 is 5.84 Å². The minimum Gasteiger partial charge on any atom is -0.389 e. The van der Waals surface area contributed by atoms with Crippen molar-refractivity contribution < 1.29 is 18.3 Å². The largest absolute Gasteiger partial charge is 0.389 e. The number of hydrogen-bond donors (Lipinski definition) is 3. The molecule has 1 heterocycles. The number of nitrogens with one attached hydrogen (secondary N) is 1. The third kappa shape index (κ3) is 2.61. The third-order valence-electron chi connectivity index (χ3n) is 3.39. The van der Waals surface area contributed by atoms with Crippen molar-refractivity contribution in [3.05, 3.63) is 46.9 Å². The third-order valence-corrected chi connectivity index (χ3v) is 3.39. The molecular formula is C14H16F3N3O. The summed E-state index contributed by atoms with van der Waals surface area (Å²) >= 11 is 0. The first-order chi connectivity index (χ1) is 9.80. The van der Waals surface area contributed by atoms with Gasteiger partial charge in [0.15, 0.2) is 23.1 Å². The summed E-state index contributed by atoms with van der Waals surface area (Å²) in [5.41, 5.74) is 4.76. The SMILES string of the molecule is CCC1=CC(N)=NC(c2cc(F)c(F)c(F)c2)(C(C)O)N1. The molecule has 0 radical (unpaired) electrons. The van der Waals surface area contributed by atoms with Crippen LogP contribution in [-0.2, 0) is 5.66 Å². The molecule has 2 atom stereocenters. The van der Waals surface area contributed by atoms with Crippen molar-refractivity contribution in [3.63, 3.8) is 0 Å². The van der Waals surface area contributed by atoms with Gasteiger partial charge in [-0.1, -0.05) is 6.92 Å². The van der Waals surface area contributed by atoms with Crippen molar-refractivity contribution in [1.82, 2.24) is 5.32 Å². The second kappa shape index (κ2) is 5.40. The van der Waals surface area contributed by atoms with Gasteiger partial charge in [0.1, 0.15) is 5.84 Å². The van der Waals surface area contributed by atoms with Gasteiger partial charge in [-0.25, -0.2) is 18.2 Å². The van der Waals surface area contributed by atoms with Crippen molar-refractivity contribution in [2.75, 3.05) is 0 Å². The van der Waals surface area contributed by atoms with E-state index in [1.54, 1.807) is 6.08 Å². The number of rotatable bonds is 3. The Morgan fingerprint density at radius 3 is 2.38 bits per heavy atom. The fourth-order valence-corrected chi connectivity index (χ4v) is 2.27. The van der Waals surface area contributed by atoms with Crippen LogP contribution in [0.1, 0.15) is 25.8 Å². The molecule has 7 heteroatoms. The number of aliphatic imine (C=N–C) groups is 1. The molecule has 4 nitrogen and oxygen atoms in total. The molecule has 1 aliphatic rings. The summed E-state index contributed by atoms with van der Waals surface area (Å²) in [6, 6.07) is 1.60. The maximum atomic E-state index is 13.5. The predicted octanol–water partition coefficient (Wildman–Crippen LogP) is 1.89. The molecule has 2 rings (SSSR count). The van der Waals surface area contributed by atoms with Crippen LogP contribution in [0, 0.1) is 17.5 Å². The highest BCUT2D eigenvalue weighted by Gasteiger charge is 2.40. The van der Waals surface area contributed by atoms with Crippen LogP contribution >= 0.6 is 0 Å². The smallest absolute Gasteiger partial charge is 0.194 e. The van der Waals surface area contributed by atoms with Crippen LogP contribution in [0.5, 0.6) is 0 Å². The van der Waals surface area contributed by atoms with Gasteiger partial charge in [-0.15, -0.1) is 0 Å². The average molecular weight is 299 g/mol. The zero-order chi connectivity index (χ0) is 15.8. The number of nitrogens with zero attached hydrogens (tertiary/aromatic N) is 1. The van der Waals surface area contributed by atoms with Crippen LogP contribution in [0.25, 0.3) is 0 Å². The molecule has 0 amide bonds. The molecule has 21 heavy (non-hydrogen) atoms. The van der Waals surface area contributed by atoms with Gasteiger partial charge in [-0.2, -0.15) is 0 Å².